The van der Waals surface area contributed by atoms with Crippen LogP contribution in [0.4, 0.5) is 4.79 Å². The van der Waals surface area contributed by atoms with E-state index in [0.29, 0.717) is 16.5 Å². The van der Waals surface area contributed by atoms with E-state index in [4.69, 9.17) is 9.84 Å². The third-order valence-electron chi connectivity index (χ3n) is 3.53. The monoisotopic (exact) mass is 349 g/mol. The quantitative estimate of drug-likeness (QED) is 0.628. The second-order valence-corrected chi connectivity index (χ2v) is 5.35. The molecular weight excluding hydrogens is 334 g/mol. The van der Waals surface area contributed by atoms with Crippen molar-refractivity contribution in [1.82, 2.24) is 15.5 Å². The molecule has 1 aromatic heterocycles. The number of carboxylic acid groups (broad SMARTS) is 1. The van der Waals surface area contributed by atoms with Crippen LogP contribution in [-0.2, 0) is 11.3 Å². The van der Waals surface area contributed by atoms with Crippen molar-refractivity contribution in [2.75, 3.05) is 6.54 Å². The van der Waals surface area contributed by atoms with E-state index in [1.165, 1.54) is 0 Å². The van der Waals surface area contributed by atoms with Crippen LogP contribution in [0.5, 0.6) is 0 Å². The molecular formula is C19H15N3O4. The Morgan fingerprint density at radius 1 is 1.19 bits per heavy atom. The molecule has 0 radical (unpaired) electrons. The van der Waals surface area contributed by atoms with E-state index in [-0.39, 0.29) is 18.8 Å². The van der Waals surface area contributed by atoms with Crippen molar-refractivity contribution in [2.24, 2.45) is 0 Å². The van der Waals surface area contributed by atoms with Gasteiger partial charge in [-0.05, 0) is 23.8 Å². The number of hydrogen-bond acceptors (Lipinski definition) is 4. The van der Waals surface area contributed by atoms with Gasteiger partial charge in [0.05, 0.1) is 12.1 Å². The summed E-state index contributed by atoms with van der Waals surface area (Å²) in [4.78, 5) is 22.7. The van der Waals surface area contributed by atoms with Crippen LogP contribution in [0.3, 0.4) is 0 Å². The highest BCUT2D eigenvalue weighted by Crippen LogP contribution is 2.17. The number of carboxylic acids is 1. The lowest BCUT2D eigenvalue weighted by molar-refractivity contribution is 0.0692. The maximum Gasteiger partial charge on any atom is 0.408 e. The number of hydrogen-bond donors (Lipinski definition) is 3. The number of nitrogens with zero attached hydrogens (tertiary/aromatic N) is 1. The summed E-state index contributed by atoms with van der Waals surface area (Å²) < 4.78 is 5.07. The van der Waals surface area contributed by atoms with Gasteiger partial charge in [-0.3, -0.25) is 5.10 Å². The average molecular weight is 349 g/mol. The Hall–Kier alpha value is -3.79. The molecule has 7 nitrogen and oxygen atoms in total. The van der Waals surface area contributed by atoms with Gasteiger partial charge in [0, 0.05) is 10.9 Å². The van der Waals surface area contributed by atoms with Crippen LogP contribution in [0.25, 0.3) is 10.9 Å². The minimum atomic E-state index is -1.11. The van der Waals surface area contributed by atoms with Crippen LogP contribution in [-0.4, -0.2) is 33.9 Å². The smallest absolute Gasteiger partial charge is 0.408 e. The Labute approximate surface area is 149 Å². The van der Waals surface area contributed by atoms with Crippen molar-refractivity contribution in [3.05, 3.63) is 65.4 Å². The number of carbonyl (C=O) groups is 2. The number of aromatic nitrogens is 2. The van der Waals surface area contributed by atoms with Gasteiger partial charge in [-0.25, -0.2) is 9.59 Å². The summed E-state index contributed by atoms with van der Waals surface area (Å²) in [5, 5.41) is 18.5. The van der Waals surface area contributed by atoms with Gasteiger partial charge in [0.1, 0.15) is 6.61 Å². The Balaban J connectivity index is 1.54. The van der Waals surface area contributed by atoms with Crippen molar-refractivity contribution < 1.29 is 19.4 Å². The van der Waals surface area contributed by atoms with Gasteiger partial charge >= 0.3 is 12.1 Å². The predicted octanol–water partition coefficient (Wildman–Crippen LogP) is 2.54. The Morgan fingerprint density at radius 3 is 2.77 bits per heavy atom. The zero-order chi connectivity index (χ0) is 18.4. The highest BCUT2D eigenvalue weighted by Gasteiger charge is 2.12. The van der Waals surface area contributed by atoms with Crippen molar-refractivity contribution in [1.29, 1.82) is 0 Å². The van der Waals surface area contributed by atoms with Crippen molar-refractivity contribution in [3.63, 3.8) is 0 Å². The molecule has 130 valence electrons. The maximum atomic E-state index is 11.6. The van der Waals surface area contributed by atoms with Crippen LogP contribution in [0.15, 0.2) is 48.5 Å². The number of ether oxygens (including phenoxy) is 1. The summed E-state index contributed by atoms with van der Waals surface area (Å²) in [6.07, 6.45) is -0.554. The van der Waals surface area contributed by atoms with Crippen LogP contribution in [0.2, 0.25) is 0 Å². The van der Waals surface area contributed by atoms with E-state index in [1.807, 2.05) is 30.3 Å². The van der Waals surface area contributed by atoms with Gasteiger partial charge in [0.25, 0.3) is 0 Å². The van der Waals surface area contributed by atoms with E-state index in [9.17, 15) is 9.59 Å². The van der Waals surface area contributed by atoms with E-state index >= 15 is 0 Å². The second kappa shape index (κ2) is 7.85. The highest BCUT2D eigenvalue weighted by molar-refractivity contribution is 6.01. The van der Waals surface area contributed by atoms with Gasteiger partial charge < -0.3 is 15.2 Å². The lowest BCUT2D eigenvalue weighted by atomic mass is 10.1. The first kappa shape index (κ1) is 17.0. The number of carbonyl (C=O) groups excluding carboxylic acids is 1. The molecule has 0 aliphatic carbocycles. The SMILES string of the molecule is O=C(NCC#Cc1ccc2[nH]nc(C(=O)O)c2c1)OCc1ccccc1. The van der Waals surface area contributed by atoms with Gasteiger partial charge in [0.2, 0.25) is 0 Å². The van der Waals surface area contributed by atoms with Crippen LogP contribution in [0.1, 0.15) is 21.6 Å². The van der Waals surface area contributed by atoms with Crippen LogP contribution < -0.4 is 5.32 Å². The van der Waals surface area contributed by atoms with Gasteiger partial charge in [-0.2, -0.15) is 5.10 Å². The van der Waals surface area contributed by atoms with Crippen LogP contribution in [0, 0.1) is 11.8 Å². The van der Waals surface area contributed by atoms with E-state index in [1.54, 1.807) is 18.2 Å². The van der Waals surface area contributed by atoms with E-state index < -0.39 is 12.1 Å². The van der Waals surface area contributed by atoms with Gasteiger partial charge in [-0.1, -0.05) is 42.2 Å². The number of amides is 1. The topological polar surface area (TPSA) is 104 Å². The molecule has 7 heteroatoms. The number of aromatic amines is 1. The molecule has 0 fully saturated rings. The number of rotatable bonds is 4. The molecule has 2 aromatic carbocycles. The summed E-state index contributed by atoms with van der Waals surface area (Å²) in [6, 6.07) is 14.5. The first-order chi connectivity index (χ1) is 12.6. The molecule has 3 rings (SSSR count). The highest BCUT2D eigenvalue weighted by atomic mass is 16.5. The second-order valence-electron chi connectivity index (χ2n) is 5.35. The van der Waals surface area contributed by atoms with Crippen molar-refractivity contribution in [3.8, 4) is 11.8 Å². The van der Waals surface area contributed by atoms with Crippen LogP contribution >= 0.6 is 0 Å². The minimum Gasteiger partial charge on any atom is -0.476 e. The fraction of sp³-hybridized carbons (Fsp3) is 0.105. The number of alkyl carbamates (subject to hydrolysis) is 1. The fourth-order valence-electron chi connectivity index (χ4n) is 2.29. The zero-order valence-corrected chi connectivity index (χ0v) is 13.7. The van der Waals surface area contributed by atoms with E-state index in [2.05, 4.69) is 27.4 Å². The van der Waals surface area contributed by atoms with Gasteiger partial charge in [-0.15, -0.1) is 0 Å². The number of aromatic carboxylic acids is 1. The maximum absolute atomic E-state index is 11.6. The van der Waals surface area contributed by atoms with E-state index in [0.717, 1.165) is 5.56 Å². The van der Waals surface area contributed by atoms with Crippen molar-refractivity contribution in [2.45, 2.75) is 6.61 Å². The molecule has 1 amide bonds. The zero-order valence-electron chi connectivity index (χ0n) is 13.7. The summed E-state index contributed by atoms with van der Waals surface area (Å²) >= 11 is 0. The molecule has 0 bridgehead atoms. The molecule has 3 aromatic rings. The summed E-state index contributed by atoms with van der Waals surface area (Å²) in [5.74, 6) is 4.56. The number of benzene rings is 2. The molecule has 1 heterocycles. The predicted molar refractivity (Wildman–Crippen MR) is 94.6 cm³/mol. The molecule has 3 N–H and O–H groups in total. The standard InChI is InChI=1S/C19H15N3O4/c23-18(24)17-15-11-13(8-9-16(15)21-22-17)7-4-10-20-19(25)26-12-14-5-2-1-3-6-14/h1-3,5-6,8-9,11H,10,12H2,(H,20,25)(H,21,22)(H,23,24). The summed E-state index contributed by atoms with van der Waals surface area (Å²) in [6.45, 7) is 0.304. The summed E-state index contributed by atoms with van der Waals surface area (Å²) in [5.41, 5.74) is 2.10. The third kappa shape index (κ3) is 4.19. The number of nitrogens with one attached hydrogen (secondary N) is 2. The Kier molecular flexibility index (Phi) is 5.15. The lowest BCUT2D eigenvalue weighted by Crippen LogP contribution is -2.24. The lowest BCUT2D eigenvalue weighted by Gasteiger charge is -2.04. The first-order valence-electron chi connectivity index (χ1n) is 7.78. The average Bonchev–Trinajstić information content (AvgIpc) is 3.08. The number of H-pyrrole nitrogens is 1. The minimum absolute atomic E-state index is 0.0498. The first-order valence-corrected chi connectivity index (χ1v) is 7.78. The van der Waals surface area contributed by atoms with Gasteiger partial charge in [0.15, 0.2) is 5.69 Å². The molecule has 0 atom stereocenters. The molecule has 0 saturated heterocycles. The molecule has 0 aliphatic rings. The third-order valence-corrected chi connectivity index (χ3v) is 3.53. The molecule has 26 heavy (non-hydrogen) atoms. The molecule has 0 saturated carbocycles. The Bertz CT molecular complexity index is 1000. The number of fused-ring (bicyclic) bond motifs is 1. The Morgan fingerprint density at radius 2 is 2.00 bits per heavy atom. The fourth-order valence-corrected chi connectivity index (χ4v) is 2.29. The summed E-state index contributed by atoms with van der Waals surface area (Å²) in [7, 11) is 0. The molecule has 0 aliphatic heterocycles. The normalized spacial score (nSPS) is 10.0. The molecule has 0 spiro atoms. The van der Waals surface area contributed by atoms with Crippen molar-refractivity contribution >= 4 is 23.0 Å². The largest absolute Gasteiger partial charge is 0.476 e. The molecule has 0 unspecified atom stereocenters.